The minimum atomic E-state index is 0.153. The molecule has 0 saturated carbocycles. The molecule has 1 N–H and O–H groups in total. The standard InChI is InChI=1S/C24H29N3O/c1-18(2)16-26-24(28)21-11-13-27(14-12-21)17-19-7-9-20(10-8-19)23-6-4-3-5-22(23)15-25/h3-10,18,21H,11-14,16-17H2,1-2H3,(H,26,28). The van der Waals surface area contributed by atoms with Crippen molar-refractivity contribution >= 4 is 5.91 Å². The molecule has 2 aromatic carbocycles. The second kappa shape index (κ2) is 9.52. The van der Waals surface area contributed by atoms with Crippen LogP contribution in [0.15, 0.2) is 48.5 Å². The highest BCUT2D eigenvalue weighted by molar-refractivity contribution is 5.78. The smallest absolute Gasteiger partial charge is 0.223 e. The molecule has 1 aliphatic heterocycles. The van der Waals surface area contributed by atoms with Gasteiger partial charge in [0.05, 0.1) is 11.6 Å². The zero-order valence-corrected chi connectivity index (χ0v) is 16.8. The van der Waals surface area contributed by atoms with E-state index in [-0.39, 0.29) is 11.8 Å². The number of benzene rings is 2. The first-order chi connectivity index (χ1) is 13.6. The van der Waals surface area contributed by atoms with E-state index in [1.807, 2.05) is 24.3 Å². The van der Waals surface area contributed by atoms with Gasteiger partial charge in [-0.1, -0.05) is 56.3 Å². The molecule has 0 aromatic heterocycles. The minimum absolute atomic E-state index is 0.153. The Morgan fingerprint density at radius 1 is 1.14 bits per heavy atom. The Hall–Kier alpha value is -2.64. The summed E-state index contributed by atoms with van der Waals surface area (Å²) in [6.45, 7) is 7.82. The highest BCUT2D eigenvalue weighted by Gasteiger charge is 2.24. The summed E-state index contributed by atoms with van der Waals surface area (Å²) in [5, 5.41) is 12.4. The summed E-state index contributed by atoms with van der Waals surface area (Å²) in [7, 11) is 0. The minimum Gasteiger partial charge on any atom is -0.356 e. The summed E-state index contributed by atoms with van der Waals surface area (Å²) in [5.74, 6) is 0.862. The van der Waals surface area contributed by atoms with E-state index < -0.39 is 0 Å². The molecule has 146 valence electrons. The number of likely N-dealkylation sites (tertiary alicyclic amines) is 1. The average molecular weight is 376 g/mol. The molecule has 3 rings (SSSR count). The van der Waals surface area contributed by atoms with Gasteiger partial charge in [-0.25, -0.2) is 0 Å². The lowest BCUT2D eigenvalue weighted by molar-refractivity contribution is -0.126. The molecular formula is C24H29N3O. The fourth-order valence-electron chi connectivity index (χ4n) is 3.68. The Balaban J connectivity index is 1.53. The summed E-state index contributed by atoms with van der Waals surface area (Å²) in [6.07, 6.45) is 1.86. The van der Waals surface area contributed by atoms with Gasteiger partial charge in [-0.2, -0.15) is 5.26 Å². The number of rotatable bonds is 6. The van der Waals surface area contributed by atoms with E-state index in [0.717, 1.165) is 50.1 Å². The van der Waals surface area contributed by atoms with Crippen LogP contribution in [0.3, 0.4) is 0 Å². The first-order valence-electron chi connectivity index (χ1n) is 10.2. The monoisotopic (exact) mass is 375 g/mol. The molecular weight excluding hydrogens is 346 g/mol. The molecule has 4 nitrogen and oxygen atoms in total. The van der Waals surface area contributed by atoms with Crippen molar-refractivity contribution < 1.29 is 4.79 Å². The number of hydrogen-bond acceptors (Lipinski definition) is 3. The van der Waals surface area contributed by atoms with Crippen molar-refractivity contribution in [3.63, 3.8) is 0 Å². The summed E-state index contributed by atoms with van der Waals surface area (Å²) in [5.41, 5.74) is 4.01. The Morgan fingerprint density at radius 3 is 2.46 bits per heavy atom. The largest absolute Gasteiger partial charge is 0.356 e. The van der Waals surface area contributed by atoms with Crippen LogP contribution in [0.4, 0.5) is 0 Å². The van der Waals surface area contributed by atoms with Crippen LogP contribution < -0.4 is 5.32 Å². The van der Waals surface area contributed by atoms with Gasteiger partial charge in [0.25, 0.3) is 0 Å². The SMILES string of the molecule is CC(C)CNC(=O)C1CCN(Cc2ccc(-c3ccccc3C#N)cc2)CC1. The molecule has 1 amide bonds. The second-order valence-electron chi connectivity index (χ2n) is 8.04. The van der Waals surface area contributed by atoms with Crippen LogP contribution in [-0.2, 0) is 11.3 Å². The predicted molar refractivity (Wildman–Crippen MR) is 112 cm³/mol. The molecule has 1 aliphatic rings. The van der Waals surface area contributed by atoms with E-state index in [4.69, 9.17) is 0 Å². The van der Waals surface area contributed by atoms with Gasteiger partial charge in [-0.05, 0) is 54.6 Å². The number of carbonyl (C=O) groups excluding carboxylic acids is 1. The normalized spacial score (nSPS) is 15.4. The van der Waals surface area contributed by atoms with Gasteiger partial charge in [-0.15, -0.1) is 0 Å². The van der Waals surface area contributed by atoms with Crippen LogP contribution in [0.1, 0.15) is 37.8 Å². The van der Waals surface area contributed by atoms with Gasteiger partial charge in [0.15, 0.2) is 0 Å². The topological polar surface area (TPSA) is 56.1 Å². The first-order valence-corrected chi connectivity index (χ1v) is 10.2. The van der Waals surface area contributed by atoms with Crippen LogP contribution in [-0.4, -0.2) is 30.4 Å². The van der Waals surface area contributed by atoms with Crippen LogP contribution in [0.2, 0.25) is 0 Å². The third-order valence-corrected chi connectivity index (χ3v) is 5.36. The van der Waals surface area contributed by atoms with E-state index in [2.05, 4.69) is 54.4 Å². The third-order valence-electron chi connectivity index (χ3n) is 5.36. The molecule has 0 atom stereocenters. The van der Waals surface area contributed by atoms with Crippen molar-refractivity contribution in [1.82, 2.24) is 10.2 Å². The molecule has 2 aromatic rings. The Morgan fingerprint density at radius 2 is 1.82 bits per heavy atom. The van der Waals surface area contributed by atoms with Crippen molar-refractivity contribution in [1.29, 1.82) is 5.26 Å². The number of nitriles is 1. The zero-order valence-electron chi connectivity index (χ0n) is 16.8. The number of nitrogens with one attached hydrogen (secondary N) is 1. The van der Waals surface area contributed by atoms with Crippen LogP contribution in [0, 0.1) is 23.2 Å². The van der Waals surface area contributed by atoms with E-state index in [0.29, 0.717) is 11.5 Å². The average Bonchev–Trinajstić information content (AvgIpc) is 2.73. The summed E-state index contributed by atoms with van der Waals surface area (Å²) >= 11 is 0. The van der Waals surface area contributed by atoms with Gasteiger partial charge in [-0.3, -0.25) is 9.69 Å². The van der Waals surface area contributed by atoms with Crippen molar-refractivity contribution in [3.8, 4) is 17.2 Å². The lowest BCUT2D eigenvalue weighted by Crippen LogP contribution is -2.41. The molecule has 28 heavy (non-hydrogen) atoms. The molecule has 0 aliphatic carbocycles. The molecule has 4 heteroatoms. The summed E-state index contributed by atoms with van der Waals surface area (Å²) < 4.78 is 0. The molecule has 0 unspecified atom stereocenters. The number of hydrogen-bond donors (Lipinski definition) is 1. The lowest BCUT2D eigenvalue weighted by atomic mass is 9.95. The third kappa shape index (κ3) is 5.21. The van der Waals surface area contributed by atoms with Crippen molar-refractivity contribution in [3.05, 3.63) is 59.7 Å². The quantitative estimate of drug-likeness (QED) is 0.823. The fraction of sp³-hybridized carbons (Fsp3) is 0.417. The van der Waals surface area contributed by atoms with Gasteiger partial charge < -0.3 is 5.32 Å². The van der Waals surface area contributed by atoms with Crippen molar-refractivity contribution in [2.24, 2.45) is 11.8 Å². The summed E-state index contributed by atoms with van der Waals surface area (Å²) in [4.78, 5) is 14.7. The van der Waals surface area contributed by atoms with Gasteiger partial charge >= 0.3 is 0 Å². The molecule has 1 saturated heterocycles. The maximum atomic E-state index is 12.2. The Kier molecular flexibility index (Phi) is 6.84. The van der Waals surface area contributed by atoms with E-state index in [9.17, 15) is 10.1 Å². The van der Waals surface area contributed by atoms with Crippen LogP contribution >= 0.6 is 0 Å². The highest BCUT2D eigenvalue weighted by atomic mass is 16.1. The van der Waals surface area contributed by atoms with E-state index in [1.165, 1.54) is 5.56 Å². The molecule has 0 spiro atoms. The van der Waals surface area contributed by atoms with Crippen LogP contribution in [0.25, 0.3) is 11.1 Å². The number of nitrogens with zero attached hydrogens (tertiary/aromatic N) is 2. The second-order valence-corrected chi connectivity index (χ2v) is 8.04. The molecule has 0 bridgehead atoms. The summed E-state index contributed by atoms with van der Waals surface area (Å²) in [6, 6.07) is 18.4. The van der Waals surface area contributed by atoms with E-state index >= 15 is 0 Å². The first kappa shape index (κ1) is 20.1. The maximum absolute atomic E-state index is 12.2. The van der Waals surface area contributed by atoms with Crippen molar-refractivity contribution in [2.75, 3.05) is 19.6 Å². The Bertz CT molecular complexity index is 828. The number of carbonyl (C=O) groups is 1. The highest BCUT2D eigenvalue weighted by Crippen LogP contribution is 2.25. The van der Waals surface area contributed by atoms with E-state index in [1.54, 1.807) is 0 Å². The number of amides is 1. The van der Waals surface area contributed by atoms with Crippen LogP contribution in [0.5, 0.6) is 0 Å². The fourth-order valence-corrected chi connectivity index (χ4v) is 3.68. The maximum Gasteiger partial charge on any atom is 0.223 e. The lowest BCUT2D eigenvalue weighted by Gasteiger charge is -2.31. The van der Waals surface area contributed by atoms with Gasteiger partial charge in [0, 0.05) is 19.0 Å². The zero-order chi connectivity index (χ0) is 19.9. The molecule has 0 radical (unpaired) electrons. The van der Waals surface area contributed by atoms with Gasteiger partial charge in [0.1, 0.15) is 0 Å². The molecule has 1 heterocycles. The van der Waals surface area contributed by atoms with Crippen molar-refractivity contribution in [2.45, 2.75) is 33.2 Å². The Labute approximate surface area is 168 Å². The predicted octanol–water partition coefficient (Wildman–Crippen LogP) is 4.21. The van der Waals surface area contributed by atoms with Gasteiger partial charge in [0.2, 0.25) is 5.91 Å². The molecule has 1 fully saturated rings. The number of piperidine rings is 1.